The maximum atomic E-state index is 5.85. The van der Waals surface area contributed by atoms with Gasteiger partial charge in [0.1, 0.15) is 5.01 Å². The average Bonchev–Trinajstić information content (AvgIpc) is 2.76. The van der Waals surface area contributed by atoms with Crippen molar-refractivity contribution in [2.45, 2.75) is 0 Å². The first-order valence-electron chi connectivity index (χ1n) is 5.21. The van der Waals surface area contributed by atoms with Gasteiger partial charge in [0.15, 0.2) is 0 Å². The van der Waals surface area contributed by atoms with Crippen molar-refractivity contribution in [2.24, 2.45) is 0 Å². The lowest BCUT2D eigenvalue weighted by atomic mass is 10.2. The van der Waals surface area contributed by atoms with Crippen LogP contribution in [0.5, 0.6) is 0 Å². The number of thiazole rings is 1. The van der Waals surface area contributed by atoms with Crippen molar-refractivity contribution in [3.8, 4) is 11.3 Å². The molecular weight excluding hydrogens is 252 g/mol. The Morgan fingerprint density at radius 3 is 2.59 bits per heavy atom. The van der Waals surface area contributed by atoms with Crippen LogP contribution in [0.2, 0.25) is 5.02 Å². The Bertz CT molecular complexity index is 514. The maximum Gasteiger partial charge on any atom is 0.118 e. The van der Waals surface area contributed by atoms with Crippen molar-refractivity contribution in [3.05, 3.63) is 45.9 Å². The monoisotopic (exact) mass is 264 g/mol. The van der Waals surface area contributed by atoms with E-state index in [1.54, 1.807) is 11.3 Å². The van der Waals surface area contributed by atoms with Crippen LogP contribution in [0.25, 0.3) is 17.3 Å². The van der Waals surface area contributed by atoms with Gasteiger partial charge in [0.25, 0.3) is 0 Å². The molecule has 1 heterocycles. The molecule has 0 atom stereocenters. The van der Waals surface area contributed by atoms with Gasteiger partial charge in [0, 0.05) is 36.3 Å². The van der Waals surface area contributed by atoms with Crippen LogP contribution in [-0.4, -0.2) is 24.0 Å². The van der Waals surface area contributed by atoms with Gasteiger partial charge in [0.2, 0.25) is 0 Å². The highest BCUT2D eigenvalue weighted by molar-refractivity contribution is 7.10. The summed E-state index contributed by atoms with van der Waals surface area (Å²) in [6, 6.07) is 7.73. The van der Waals surface area contributed by atoms with Crippen LogP contribution in [0.3, 0.4) is 0 Å². The number of nitrogens with zero attached hydrogens (tertiary/aromatic N) is 2. The van der Waals surface area contributed by atoms with Gasteiger partial charge < -0.3 is 4.90 Å². The Kier molecular flexibility index (Phi) is 3.82. The van der Waals surface area contributed by atoms with E-state index >= 15 is 0 Å². The summed E-state index contributed by atoms with van der Waals surface area (Å²) in [6.07, 6.45) is 3.99. The van der Waals surface area contributed by atoms with Crippen molar-refractivity contribution >= 4 is 29.0 Å². The minimum Gasteiger partial charge on any atom is -0.383 e. The molecule has 1 aromatic carbocycles. The van der Waals surface area contributed by atoms with E-state index < -0.39 is 0 Å². The van der Waals surface area contributed by atoms with Gasteiger partial charge in [-0.25, -0.2) is 4.98 Å². The zero-order valence-electron chi connectivity index (χ0n) is 9.72. The highest BCUT2D eigenvalue weighted by Gasteiger charge is 2.02. The van der Waals surface area contributed by atoms with E-state index in [0.29, 0.717) is 0 Å². The Morgan fingerprint density at radius 2 is 1.94 bits per heavy atom. The van der Waals surface area contributed by atoms with E-state index in [9.17, 15) is 0 Å². The van der Waals surface area contributed by atoms with E-state index in [2.05, 4.69) is 10.4 Å². The largest absolute Gasteiger partial charge is 0.383 e. The Labute approximate surface area is 110 Å². The third-order valence-corrected chi connectivity index (χ3v) is 3.24. The van der Waals surface area contributed by atoms with Crippen LogP contribution >= 0.6 is 22.9 Å². The summed E-state index contributed by atoms with van der Waals surface area (Å²) in [4.78, 5) is 6.53. The molecule has 0 aliphatic heterocycles. The topological polar surface area (TPSA) is 16.1 Å². The molecule has 0 N–H and O–H groups in total. The lowest BCUT2D eigenvalue weighted by Crippen LogP contribution is -1.99. The van der Waals surface area contributed by atoms with Crippen LogP contribution in [-0.2, 0) is 0 Å². The summed E-state index contributed by atoms with van der Waals surface area (Å²) in [6.45, 7) is 0. The summed E-state index contributed by atoms with van der Waals surface area (Å²) >= 11 is 7.49. The molecule has 17 heavy (non-hydrogen) atoms. The molecule has 2 rings (SSSR count). The van der Waals surface area contributed by atoms with Gasteiger partial charge in [-0.15, -0.1) is 11.3 Å². The van der Waals surface area contributed by atoms with E-state index in [0.717, 1.165) is 21.3 Å². The predicted octanol–water partition coefficient (Wildman–Crippen LogP) is 4.00. The highest BCUT2D eigenvalue weighted by Crippen LogP contribution is 2.23. The van der Waals surface area contributed by atoms with Gasteiger partial charge in [0.05, 0.1) is 5.69 Å². The van der Waals surface area contributed by atoms with Crippen molar-refractivity contribution < 1.29 is 0 Å². The van der Waals surface area contributed by atoms with Crippen LogP contribution in [0.15, 0.2) is 35.8 Å². The molecule has 0 aliphatic rings. The normalized spacial score (nSPS) is 11.0. The summed E-state index contributed by atoms with van der Waals surface area (Å²) in [7, 11) is 3.98. The fourth-order valence-electron chi connectivity index (χ4n) is 1.33. The second-order valence-corrected chi connectivity index (χ2v) is 5.18. The number of halogens is 1. The van der Waals surface area contributed by atoms with Crippen molar-refractivity contribution in [1.82, 2.24) is 9.88 Å². The zero-order chi connectivity index (χ0) is 12.3. The predicted molar refractivity (Wildman–Crippen MR) is 75.3 cm³/mol. The second kappa shape index (κ2) is 5.34. The molecule has 0 amide bonds. The molecule has 0 unspecified atom stereocenters. The first kappa shape index (κ1) is 12.1. The van der Waals surface area contributed by atoms with E-state index in [4.69, 9.17) is 11.6 Å². The Balaban J connectivity index is 2.21. The van der Waals surface area contributed by atoms with Gasteiger partial charge in [-0.2, -0.15) is 0 Å². The number of hydrogen-bond acceptors (Lipinski definition) is 3. The lowest BCUT2D eigenvalue weighted by Gasteiger charge is -2.01. The molecule has 0 radical (unpaired) electrons. The molecular formula is C13H13ClN2S. The van der Waals surface area contributed by atoms with Gasteiger partial charge in [-0.3, -0.25) is 0 Å². The van der Waals surface area contributed by atoms with Crippen LogP contribution in [0.1, 0.15) is 5.01 Å². The van der Waals surface area contributed by atoms with Crippen LogP contribution < -0.4 is 0 Å². The molecule has 0 saturated heterocycles. The van der Waals surface area contributed by atoms with E-state index in [1.165, 1.54) is 0 Å². The minimum atomic E-state index is 0.747. The fourth-order valence-corrected chi connectivity index (χ4v) is 2.17. The number of hydrogen-bond donors (Lipinski definition) is 0. The highest BCUT2D eigenvalue weighted by atomic mass is 35.5. The zero-order valence-corrected chi connectivity index (χ0v) is 11.3. The molecule has 0 bridgehead atoms. The third-order valence-electron chi connectivity index (χ3n) is 2.18. The van der Waals surface area contributed by atoms with E-state index in [1.807, 2.05) is 55.5 Å². The fraction of sp³-hybridized carbons (Fsp3) is 0.154. The van der Waals surface area contributed by atoms with E-state index in [-0.39, 0.29) is 0 Å². The summed E-state index contributed by atoms with van der Waals surface area (Å²) in [5.41, 5.74) is 2.08. The molecule has 88 valence electrons. The number of benzene rings is 1. The standard InChI is InChI=1S/C13H13ClN2S/c1-16(2)8-7-13-15-12(9-17-13)10-3-5-11(14)6-4-10/h3-9H,1-2H3/b8-7+. The first-order chi connectivity index (χ1) is 8.15. The molecule has 2 aromatic rings. The molecule has 0 saturated carbocycles. The maximum absolute atomic E-state index is 5.85. The molecule has 2 nitrogen and oxygen atoms in total. The lowest BCUT2D eigenvalue weighted by molar-refractivity contribution is 0.567. The molecule has 0 aliphatic carbocycles. The molecule has 0 fully saturated rings. The minimum absolute atomic E-state index is 0.747. The molecule has 1 aromatic heterocycles. The second-order valence-electron chi connectivity index (χ2n) is 3.86. The Morgan fingerprint density at radius 1 is 1.24 bits per heavy atom. The smallest absolute Gasteiger partial charge is 0.118 e. The van der Waals surface area contributed by atoms with Crippen LogP contribution in [0.4, 0.5) is 0 Å². The van der Waals surface area contributed by atoms with Crippen molar-refractivity contribution in [1.29, 1.82) is 0 Å². The quantitative estimate of drug-likeness (QED) is 0.833. The Hall–Kier alpha value is -1.32. The SMILES string of the molecule is CN(C)/C=C/c1nc(-c2ccc(Cl)cc2)cs1. The number of aromatic nitrogens is 1. The first-order valence-corrected chi connectivity index (χ1v) is 6.47. The third kappa shape index (κ3) is 3.32. The molecule has 0 spiro atoms. The van der Waals surface area contributed by atoms with Crippen molar-refractivity contribution in [3.63, 3.8) is 0 Å². The molecule has 4 heteroatoms. The van der Waals surface area contributed by atoms with Gasteiger partial charge in [-0.05, 0) is 18.2 Å². The average molecular weight is 265 g/mol. The van der Waals surface area contributed by atoms with Gasteiger partial charge in [-0.1, -0.05) is 23.7 Å². The number of rotatable bonds is 3. The van der Waals surface area contributed by atoms with Crippen LogP contribution in [0, 0.1) is 0 Å². The summed E-state index contributed by atoms with van der Waals surface area (Å²) in [5.74, 6) is 0. The van der Waals surface area contributed by atoms with Gasteiger partial charge >= 0.3 is 0 Å². The summed E-state index contributed by atoms with van der Waals surface area (Å²) < 4.78 is 0. The summed E-state index contributed by atoms with van der Waals surface area (Å²) in [5, 5.41) is 3.80. The van der Waals surface area contributed by atoms with Crippen molar-refractivity contribution in [2.75, 3.05) is 14.1 Å².